The Morgan fingerprint density at radius 2 is 1.87 bits per heavy atom. The third-order valence-corrected chi connectivity index (χ3v) is 6.28. The third-order valence-electron chi connectivity index (χ3n) is 6.28. The van der Waals surface area contributed by atoms with Crippen LogP contribution < -0.4 is 0 Å². The molecule has 2 atom stereocenters. The Morgan fingerprint density at radius 3 is 2.61 bits per heavy atom. The number of ether oxygens (including phenoxy) is 1. The Kier molecular flexibility index (Phi) is 6.08. The number of carbonyl (C=O) groups is 1. The van der Waals surface area contributed by atoms with Crippen molar-refractivity contribution in [1.82, 2.24) is 9.80 Å². The van der Waals surface area contributed by atoms with Gasteiger partial charge in [0.2, 0.25) is 5.91 Å². The van der Waals surface area contributed by atoms with Crippen molar-refractivity contribution in [2.75, 3.05) is 32.8 Å². The summed E-state index contributed by atoms with van der Waals surface area (Å²) in [5, 5.41) is 0. The van der Waals surface area contributed by atoms with E-state index in [2.05, 4.69) is 4.90 Å². The maximum absolute atomic E-state index is 13.1. The fraction of sp³-hybridized carbons (Fsp3) is 0.458. The minimum Gasteiger partial charge on any atom is -0.379 e. The van der Waals surface area contributed by atoms with Gasteiger partial charge in [0, 0.05) is 38.0 Å². The van der Waals surface area contributed by atoms with E-state index >= 15 is 0 Å². The van der Waals surface area contributed by atoms with E-state index in [0.717, 1.165) is 11.6 Å². The molecule has 4 rings (SSSR count). The van der Waals surface area contributed by atoms with Gasteiger partial charge in [-0.15, -0.1) is 0 Å². The zero-order valence-electron chi connectivity index (χ0n) is 17.6. The molecule has 2 saturated heterocycles. The molecular formula is C24H27F3N2O2. The first-order valence-corrected chi connectivity index (χ1v) is 10.6. The summed E-state index contributed by atoms with van der Waals surface area (Å²) in [6, 6.07) is 15.4. The van der Waals surface area contributed by atoms with Crippen LogP contribution in [-0.4, -0.2) is 48.6 Å². The lowest BCUT2D eigenvalue weighted by Gasteiger charge is -2.33. The molecule has 4 nitrogen and oxygen atoms in total. The molecule has 2 aromatic rings. The van der Waals surface area contributed by atoms with E-state index in [4.69, 9.17) is 4.74 Å². The Balaban J connectivity index is 1.49. The van der Waals surface area contributed by atoms with Crippen LogP contribution in [0, 0.1) is 5.41 Å². The van der Waals surface area contributed by atoms with E-state index < -0.39 is 11.7 Å². The largest absolute Gasteiger partial charge is 0.416 e. The van der Waals surface area contributed by atoms with Crippen molar-refractivity contribution in [2.24, 2.45) is 5.41 Å². The maximum Gasteiger partial charge on any atom is 0.416 e. The van der Waals surface area contributed by atoms with Crippen LogP contribution in [0.2, 0.25) is 0 Å². The predicted octanol–water partition coefficient (Wildman–Crippen LogP) is 4.52. The number of alkyl halides is 3. The highest BCUT2D eigenvalue weighted by Crippen LogP contribution is 2.39. The van der Waals surface area contributed by atoms with Crippen LogP contribution in [-0.2, 0) is 22.3 Å². The quantitative estimate of drug-likeness (QED) is 0.712. The lowest BCUT2D eigenvalue weighted by molar-refractivity contribution is -0.137. The molecule has 2 aromatic carbocycles. The molecular weight excluding hydrogens is 405 g/mol. The van der Waals surface area contributed by atoms with Crippen molar-refractivity contribution < 1.29 is 22.7 Å². The van der Waals surface area contributed by atoms with Crippen molar-refractivity contribution in [2.45, 2.75) is 32.1 Å². The minimum absolute atomic E-state index is 0.0340. The van der Waals surface area contributed by atoms with Crippen LogP contribution in [0.15, 0.2) is 54.6 Å². The summed E-state index contributed by atoms with van der Waals surface area (Å²) in [5.74, 6) is 0.0980. The first-order valence-electron chi connectivity index (χ1n) is 10.6. The van der Waals surface area contributed by atoms with Crippen molar-refractivity contribution in [3.8, 4) is 0 Å². The molecule has 0 aromatic heterocycles. The van der Waals surface area contributed by atoms with Gasteiger partial charge in [-0.1, -0.05) is 48.5 Å². The molecule has 7 heteroatoms. The van der Waals surface area contributed by atoms with E-state index in [1.54, 1.807) is 6.07 Å². The summed E-state index contributed by atoms with van der Waals surface area (Å²) < 4.78 is 45.1. The number of hydrogen-bond acceptors (Lipinski definition) is 3. The summed E-state index contributed by atoms with van der Waals surface area (Å²) in [6.07, 6.45) is -3.96. The van der Waals surface area contributed by atoms with Crippen molar-refractivity contribution >= 4 is 5.91 Å². The van der Waals surface area contributed by atoms with Crippen LogP contribution >= 0.6 is 0 Å². The number of rotatable bonds is 4. The first kappa shape index (κ1) is 21.8. The van der Waals surface area contributed by atoms with E-state index in [1.807, 2.05) is 42.2 Å². The fourth-order valence-corrected chi connectivity index (χ4v) is 4.72. The molecule has 2 aliphatic rings. The summed E-state index contributed by atoms with van der Waals surface area (Å²) in [4.78, 5) is 16.9. The monoisotopic (exact) mass is 432 g/mol. The fourth-order valence-electron chi connectivity index (χ4n) is 4.72. The highest BCUT2D eigenvalue weighted by atomic mass is 19.4. The molecule has 166 valence electrons. The summed E-state index contributed by atoms with van der Waals surface area (Å²) in [5.41, 5.74) is 0.719. The third kappa shape index (κ3) is 4.93. The highest BCUT2D eigenvalue weighted by molar-refractivity contribution is 5.80. The number of halogens is 3. The SMILES string of the molecule is C[C@H](c1ccccc1)N1C[C@@]2(COCCN(Cc3cccc(C(F)(F)F)c3)C2)CC1=O. The van der Waals surface area contributed by atoms with Crippen LogP contribution in [0.1, 0.15) is 36.1 Å². The van der Waals surface area contributed by atoms with Crippen molar-refractivity contribution in [3.63, 3.8) is 0 Å². The van der Waals surface area contributed by atoms with Crippen molar-refractivity contribution in [3.05, 3.63) is 71.3 Å². The second-order valence-electron chi connectivity index (χ2n) is 8.75. The van der Waals surface area contributed by atoms with Crippen molar-refractivity contribution in [1.29, 1.82) is 0 Å². The van der Waals surface area contributed by atoms with Crippen LogP contribution in [0.3, 0.4) is 0 Å². The number of benzene rings is 2. The Labute approximate surface area is 180 Å². The first-order chi connectivity index (χ1) is 14.8. The number of hydrogen-bond donors (Lipinski definition) is 0. The Bertz CT molecular complexity index is 919. The number of nitrogens with zero attached hydrogens (tertiary/aromatic N) is 2. The second kappa shape index (κ2) is 8.63. The van der Waals surface area contributed by atoms with Crippen LogP contribution in [0.5, 0.6) is 0 Å². The zero-order valence-corrected chi connectivity index (χ0v) is 17.6. The van der Waals surface area contributed by atoms with Gasteiger partial charge in [-0.3, -0.25) is 9.69 Å². The highest BCUT2D eigenvalue weighted by Gasteiger charge is 2.47. The molecule has 0 radical (unpaired) electrons. The second-order valence-corrected chi connectivity index (χ2v) is 8.75. The van der Waals surface area contributed by atoms with Gasteiger partial charge in [0.15, 0.2) is 0 Å². The number of amides is 1. The molecule has 2 fully saturated rings. The Hall–Kier alpha value is -2.38. The van der Waals surface area contributed by atoms with Gasteiger partial charge in [0.05, 0.1) is 24.8 Å². The molecule has 31 heavy (non-hydrogen) atoms. The predicted molar refractivity (Wildman–Crippen MR) is 111 cm³/mol. The summed E-state index contributed by atoms with van der Waals surface area (Å²) in [7, 11) is 0. The number of likely N-dealkylation sites (tertiary alicyclic amines) is 1. The van der Waals surface area contributed by atoms with Crippen LogP contribution in [0.4, 0.5) is 13.2 Å². The van der Waals surface area contributed by atoms with Gasteiger partial charge >= 0.3 is 6.18 Å². The topological polar surface area (TPSA) is 32.8 Å². The van der Waals surface area contributed by atoms with Gasteiger partial charge in [-0.25, -0.2) is 0 Å². The summed E-state index contributed by atoms with van der Waals surface area (Å²) in [6.45, 7) is 5.25. The minimum atomic E-state index is -4.36. The molecule has 1 amide bonds. The molecule has 0 saturated carbocycles. The molecule has 1 spiro atoms. The number of carbonyl (C=O) groups excluding carboxylic acids is 1. The normalized spacial score (nSPS) is 23.9. The lowest BCUT2D eigenvalue weighted by atomic mass is 9.87. The van der Waals surface area contributed by atoms with Gasteiger partial charge in [-0.2, -0.15) is 13.2 Å². The molecule has 2 heterocycles. The van der Waals surface area contributed by atoms with E-state index in [0.29, 0.717) is 51.4 Å². The average Bonchev–Trinajstić information content (AvgIpc) is 2.93. The van der Waals surface area contributed by atoms with Gasteiger partial charge in [0.1, 0.15) is 0 Å². The summed E-state index contributed by atoms with van der Waals surface area (Å²) >= 11 is 0. The van der Waals surface area contributed by atoms with Gasteiger partial charge in [-0.05, 0) is 24.1 Å². The smallest absolute Gasteiger partial charge is 0.379 e. The standard InChI is InChI=1S/C24H27F3N2O2/c1-18(20-7-3-2-4-8-20)29-16-23(13-22(29)30)15-28(10-11-31-17-23)14-19-6-5-9-21(12-19)24(25,26)27/h2-9,12,18H,10-11,13-17H2,1H3/t18-,23-/m1/s1. The van der Waals surface area contributed by atoms with Gasteiger partial charge in [0.25, 0.3) is 0 Å². The van der Waals surface area contributed by atoms with E-state index in [9.17, 15) is 18.0 Å². The molecule has 0 N–H and O–H groups in total. The van der Waals surface area contributed by atoms with E-state index in [-0.39, 0.29) is 17.4 Å². The molecule has 0 aliphatic carbocycles. The molecule has 0 unspecified atom stereocenters. The molecule has 0 bridgehead atoms. The zero-order chi connectivity index (χ0) is 22.1. The Morgan fingerprint density at radius 1 is 1.10 bits per heavy atom. The van der Waals surface area contributed by atoms with Gasteiger partial charge < -0.3 is 9.64 Å². The average molecular weight is 432 g/mol. The van der Waals surface area contributed by atoms with Crippen LogP contribution in [0.25, 0.3) is 0 Å². The molecule has 2 aliphatic heterocycles. The lowest BCUT2D eigenvalue weighted by Crippen LogP contribution is -2.40. The maximum atomic E-state index is 13.1. The van der Waals surface area contributed by atoms with E-state index in [1.165, 1.54) is 12.1 Å².